The molecule has 2 rings (SSSR count). The van der Waals surface area contributed by atoms with E-state index < -0.39 is 14.6 Å². The van der Waals surface area contributed by atoms with Gasteiger partial charge in [-0.2, -0.15) is 0 Å². The monoisotopic (exact) mass is 259 g/mol. The topological polar surface area (TPSA) is 60.2 Å². The van der Waals surface area contributed by atoms with Crippen molar-refractivity contribution in [2.75, 3.05) is 12.3 Å². The number of fused-ring (bicyclic) bond motifs is 1. The minimum Gasteiger partial charge on any atom is -0.330 e. The maximum atomic E-state index is 12.1. The second-order valence-electron chi connectivity index (χ2n) is 7.05. The lowest BCUT2D eigenvalue weighted by atomic mass is 9.80. The molecule has 3 nitrogen and oxygen atoms in total. The van der Waals surface area contributed by atoms with E-state index in [4.69, 9.17) is 5.73 Å². The Morgan fingerprint density at radius 3 is 2.18 bits per heavy atom. The Bertz CT molecular complexity index is 384. The number of rotatable bonds is 4. The van der Waals surface area contributed by atoms with Crippen LogP contribution in [0, 0.1) is 17.3 Å². The van der Waals surface area contributed by atoms with Crippen LogP contribution in [0.2, 0.25) is 0 Å². The van der Waals surface area contributed by atoms with Gasteiger partial charge in [0.2, 0.25) is 0 Å². The summed E-state index contributed by atoms with van der Waals surface area (Å²) in [7, 11) is -2.99. The summed E-state index contributed by atoms with van der Waals surface area (Å²) in [6.45, 7) is 6.00. The fourth-order valence-corrected chi connectivity index (χ4v) is 4.45. The summed E-state index contributed by atoms with van der Waals surface area (Å²) in [6, 6.07) is 0. The zero-order valence-electron chi connectivity index (χ0n) is 11.2. The molecule has 0 aliphatic heterocycles. The van der Waals surface area contributed by atoms with Gasteiger partial charge in [0.15, 0.2) is 9.84 Å². The molecule has 2 unspecified atom stereocenters. The highest BCUT2D eigenvalue weighted by Crippen LogP contribution is 2.60. The summed E-state index contributed by atoms with van der Waals surface area (Å²) < 4.78 is 23.6. The van der Waals surface area contributed by atoms with Gasteiger partial charge in [-0.15, -0.1) is 0 Å². The van der Waals surface area contributed by atoms with Gasteiger partial charge in [-0.1, -0.05) is 0 Å². The largest absolute Gasteiger partial charge is 0.330 e. The molecule has 17 heavy (non-hydrogen) atoms. The van der Waals surface area contributed by atoms with Crippen molar-refractivity contribution in [1.29, 1.82) is 0 Å². The van der Waals surface area contributed by atoms with Gasteiger partial charge in [0.25, 0.3) is 0 Å². The number of hydrogen-bond donors (Lipinski definition) is 1. The van der Waals surface area contributed by atoms with Crippen LogP contribution in [0.1, 0.15) is 46.5 Å². The summed E-state index contributed by atoms with van der Waals surface area (Å²) >= 11 is 0. The van der Waals surface area contributed by atoms with Crippen molar-refractivity contribution >= 4 is 9.84 Å². The van der Waals surface area contributed by atoms with E-state index in [1.807, 2.05) is 0 Å². The van der Waals surface area contributed by atoms with E-state index in [1.54, 1.807) is 20.8 Å². The summed E-state index contributed by atoms with van der Waals surface area (Å²) in [6.07, 6.45) is 4.44. The van der Waals surface area contributed by atoms with Gasteiger partial charge in [-0.05, 0) is 70.3 Å². The molecule has 0 amide bonds. The van der Waals surface area contributed by atoms with E-state index >= 15 is 0 Å². The van der Waals surface area contributed by atoms with E-state index in [0.717, 1.165) is 31.1 Å². The molecule has 0 saturated heterocycles. The third-order valence-corrected chi connectivity index (χ3v) is 7.33. The molecule has 0 aromatic rings. The highest BCUT2D eigenvalue weighted by Gasteiger charge is 2.53. The number of hydrogen-bond acceptors (Lipinski definition) is 3. The van der Waals surface area contributed by atoms with Crippen LogP contribution in [-0.2, 0) is 9.84 Å². The molecule has 2 aliphatic carbocycles. The van der Waals surface area contributed by atoms with Crippen LogP contribution >= 0.6 is 0 Å². The van der Waals surface area contributed by atoms with Gasteiger partial charge in [0.05, 0.1) is 10.5 Å². The molecule has 0 bridgehead atoms. The lowest BCUT2D eigenvalue weighted by Crippen LogP contribution is -2.36. The van der Waals surface area contributed by atoms with Crippen LogP contribution in [0.3, 0.4) is 0 Å². The highest BCUT2D eigenvalue weighted by atomic mass is 32.2. The molecule has 0 aromatic heterocycles. The molecule has 2 aliphatic rings. The Morgan fingerprint density at radius 2 is 1.76 bits per heavy atom. The van der Waals surface area contributed by atoms with Gasteiger partial charge in [-0.25, -0.2) is 8.42 Å². The van der Waals surface area contributed by atoms with E-state index in [-0.39, 0.29) is 5.41 Å². The average Bonchev–Trinajstić information content (AvgIpc) is 2.83. The summed E-state index contributed by atoms with van der Waals surface area (Å²) in [5.74, 6) is 2.01. The number of nitrogens with two attached hydrogens (primary N) is 1. The Morgan fingerprint density at radius 1 is 1.24 bits per heavy atom. The maximum Gasteiger partial charge on any atom is 0.155 e. The molecule has 0 heterocycles. The van der Waals surface area contributed by atoms with Crippen LogP contribution in [0.15, 0.2) is 0 Å². The predicted molar refractivity (Wildman–Crippen MR) is 70.5 cm³/mol. The van der Waals surface area contributed by atoms with Crippen LogP contribution in [0.25, 0.3) is 0 Å². The fraction of sp³-hybridized carbons (Fsp3) is 1.00. The van der Waals surface area contributed by atoms with Gasteiger partial charge in [-0.3, -0.25) is 0 Å². The van der Waals surface area contributed by atoms with Crippen LogP contribution in [0.4, 0.5) is 0 Å². The second kappa shape index (κ2) is 3.95. The zero-order chi connectivity index (χ0) is 12.9. The van der Waals surface area contributed by atoms with Crippen LogP contribution in [-0.4, -0.2) is 25.5 Å². The number of sulfone groups is 1. The van der Waals surface area contributed by atoms with Gasteiger partial charge in [0, 0.05) is 0 Å². The van der Waals surface area contributed by atoms with Crippen molar-refractivity contribution in [3.63, 3.8) is 0 Å². The Balaban J connectivity index is 1.98. The molecule has 2 fully saturated rings. The molecular formula is C13H25NO2S. The van der Waals surface area contributed by atoms with Crippen molar-refractivity contribution in [3.8, 4) is 0 Å². The first-order chi connectivity index (χ1) is 7.69. The predicted octanol–water partition coefficient (Wildman–Crippen LogP) is 1.96. The minimum absolute atomic E-state index is 0.131. The van der Waals surface area contributed by atoms with Gasteiger partial charge < -0.3 is 5.73 Å². The normalized spacial score (nSPS) is 36.9. The maximum absolute atomic E-state index is 12.1. The zero-order valence-corrected chi connectivity index (χ0v) is 12.0. The quantitative estimate of drug-likeness (QED) is 0.839. The molecule has 2 N–H and O–H groups in total. The average molecular weight is 259 g/mol. The lowest BCUT2D eigenvalue weighted by Gasteiger charge is -2.30. The molecule has 2 atom stereocenters. The van der Waals surface area contributed by atoms with E-state index in [2.05, 4.69) is 0 Å². The van der Waals surface area contributed by atoms with E-state index in [1.165, 1.54) is 6.42 Å². The van der Waals surface area contributed by atoms with Gasteiger partial charge in [0.1, 0.15) is 0 Å². The highest BCUT2D eigenvalue weighted by molar-refractivity contribution is 7.92. The van der Waals surface area contributed by atoms with Gasteiger partial charge >= 0.3 is 0 Å². The smallest absolute Gasteiger partial charge is 0.155 e. The molecule has 4 heteroatoms. The Hall–Kier alpha value is -0.0900. The first-order valence-corrected chi connectivity index (χ1v) is 8.27. The Kier molecular flexibility index (Phi) is 3.10. The van der Waals surface area contributed by atoms with Crippen molar-refractivity contribution < 1.29 is 8.42 Å². The second-order valence-corrected chi connectivity index (χ2v) is 9.91. The minimum atomic E-state index is -2.99. The first-order valence-electron chi connectivity index (χ1n) is 6.61. The van der Waals surface area contributed by atoms with Crippen molar-refractivity contribution in [2.24, 2.45) is 23.0 Å². The summed E-state index contributed by atoms with van der Waals surface area (Å²) in [4.78, 5) is 0. The lowest BCUT2D eigenvalue weighted by molar-refractivity contribution is 0.264. The van der Waals surface area contributed by atoms with Crippen molar-refractivity contribution in [3.05, 3.63) is 0 Å². The molecule has 0 spiro atoms. The van der Waals surface area contributed by atoms with Crippen molar-refractivity contribution in [1.82, 2.24) is 0 Å². The molecule has 100 valence electrons. The standard InChI is InChI=1S/C13H25NO2S/c1-12(2,3)17(15,16)5-4-13(9-14)7-10-6-11(10)8-13/h10-11H,4-9,14H2,1-3H3. The van der Waals surface area contributed by atoms with E-state index in [9.17, 15) is 8.42 Å². The van der Waals surface area contributed by atoms with Crippen LogP contribution in [0.5, 0.6) is 0 Å². The Labute approximate surface area is 105 Å². The van der Waals surface area contributed by atoms with E-state index in [0.29, 0.717) is 12.3 Å². The third kappa shape index (κ3) is 2.53. The SMILES string of the molecule is CC(C)(C)S(=O)(=O)CCC1(CN)CC2CC2C1. The summed E-state index contributed by atoms with van der Waals surface area (Å²) in [5, 5.41) is 0. The fourth-order valence-electron chi connectivity index (χ4n) is 3.14. The van der Waals surface area contributed by atoms with Crippen LogP contribution < -0.4 is 5.73 Å². The van der Waals surface area contributed by atoms with Crippen molar-refractivity contribution in [2.45, 2.75) is 51.2 Å². The molecule has 0 aromatic carbocycles. The summed E-state index contributed by atoms with van der Waals surface area (Å²) in [5.41, 5.74) is 6.03. The molecular weight excluding hydrogens is 234 g/mol. The third-order valence-electron chi connectivity index (χ3n) is 4.73. The first kappa shape index (κ1) is 13.3. The molecule has 0 radical (unpaired) electrons. The molecule has 2 saturated carbocycles.